The Kier molecular flexibility index (Phi) is 7.34. The van der Waals surface area contributed by atoms with Gasteiger partial charge in [0.15, 0.2) is 5.17 Å². The second-order valence-electron chi connectivity index (χ2n) is 9.50. The van der Waals surface area contributed by atoms with E-state index in [1.807, 2.05) is 30.3 Å². The Morgan fingerprint density at radius 2 is 1.82 bits per heavy atom. The van der Waals surface area contributed by atoms with Crippen LogP contribution < -0.4 is 4.90 Å². The van der Waals surface area contributed by atoms with Gasteiger partial charge in [-0.3, -0.25) is 4.79 Å². The summed E-state index contributed by atoms with van der Waals surface area (Å²) in [5.74, 6) is -0.205. The van der Waals surface area contributed by atoms with Crippen LogP contribution in [0.5, 0.6) is 0 Å². The van der Waals surface area contributed by atoms with Gasteiger partial charge in [0.1, 0.15) is 6.33 Å². The highest BCUT2D eigenvalue weighted by Gasteiger charge is 2.27. The molecule has 196 valence electrons. The molecule has 0 aliphatic carbocycles. The average molecular weight is 549 g/mol. The van der Waals surface area contributed by atoms with Crippen LogP contribution in [0.2, 0.25) is 5.02 Å². The van der Waals surface area contributed by atoms with Crippen molar-refractivity contribution in [3.63, 3.8) is 0 Å². The number of amidine groups is 1. The summed E-state index contributed by atoms with van der Waals surface area (Å²) in [4.78, 5) is 33.5. The molecule has 3 aliphatic rings. The summed E-state index contributed by atoms with van der Waals surface area (Å²) < 4.78 is 5.42. The number of morpholine rings is 1. The lowest BCUT2D eigenvalue weighted by Gasteiger charge is -2.36. The van der Waals surface area contributed by atoms with Crippen LogP contribution in [0.4, 0.5) is 5.69 Å². The van der Waals surface area contributed by atoms with Gasteiger partial charge in [0, 0.05) is 50.2 Å². The van der Waals surface area contributed by atoms with E-state index in [1.54, 1.807) is 6.33 Å². The summed E-state index contributed by atoms with van der Waals surface area (Å²) in [6.07, 6.45) is 3.48. The van der Waals surface area contributed by atoms with Crippen molar-refractivity contribution in [2.45, 2.75) is 6.92 Å². The Balaban J connectivity index is 1.27. The monoisotopic (exact) mass is 548 g/mol. The van der Waals surface area contributed by atoms with Gasteiger partial charge < -0.3 is 19.4 Å². The summed E-state index contributed by atoms with van der Waals surface area (Å²) in [5, 5.41) is 2.38. The number of aromatic nitrogens is 2. The van der Waals surface area contributed by atoms with Crippen LogP contribution in [0.1, 0.15) is 12.5 Å². The third-order valence-corrected chi connectivity index (χ3v) is 8.58. The van der Waals surface area contributed by atoms with Crippen molar-refractivity contribution in [3.8, 4) is 11.3 Å². The largest absolute Gasteiger partial charge is 0.378 e. The first-order valence-electron chi connectivity index (χ1n) is 13.0. The van der Waals surface area contributed by atoms with E-state index in [1.165, 1.54) is 11.8 Å². The fourth-order valence-corrected chi connectivity index (χ4v) is 6.31. The molecule has 2 aromatic carbocycles. The number of hydrogen-bond acceptors (Lipinski definition) is 8. The predicted octanol–water partition coefficient (Wildman–Crippen LogP) is 4.39. The van der Waals surface area contributed by atoms with Crippen molar-refractivity contribution >= 4 is 57.1 Å². The second-order valence-corrected chi connectivity index (χ2v) is 10.9. The van der Waals surface area contributed by atoms with Crippen molar-refractivity contribution < 1.29 is 9.53 Å². The van der Waals surface area contributed by atoms with Gasteiger partial charge in [-0.2, -0.15) is 4.99 Å². The molecule has 6 rings (SSSR count). The quantitative estimate of drug-likeness (QED) is 0.444. The molecule has 3 aliphatic heterocycles. The molecule has 4 heterocycles. The van der Waals surface area contributed by atoms with Gasteiger partial charge in [-0.25, -0.2) is 9.97 Å². The lowest BCUT2D eigenvalue weighted by Crippen LogP contribution is -2.46. The zero-order chi connectivity index (χ0) is 26.1. The fourth-order valence-electron chi connectivity index (χ4n) is 5.05. The predicted molar refractivity (Wildman–Crippen MR) is 155 cm³/mol. The molecule has 3 aromatic rings. The number of rotatable bonds is 4. The topological polar surface area (TPSA) is 74.2 Å². The number of carbonyl (C=O) groups is 1. The van der Waals surface area contributed by atoms with Crippen LogP contribution in [0.25, 0.3) is 28.2 Å². The number of hydrogen-bond donors (Lipinski definition) is 0. The van der Waals surface area contributed by atoms with Gasteiger partial charge in [-0.05, 0) is 54.2 Å². The molecule has 2 saturated heterocycles. The van der Waals surface area contributed by atoms with Gasteiger partial charge in [-0.15, -0.1) is 0 Å². The number of piperazine rings is 1. The first kappa shape index (κ1) is 25.3. The van der Waals surface area contributed by atoms with E-state index >= 15 is 0 Å². The molecular weight excluding hydrogens is 520 g/mol. The Labute approximate surface area is 231 Å². The number of fused-ring (bicyclic) bond motifs is 1. The second kappa shape index (κ2) is 11.0. The first-order chi connectivity index (χ1) is 18.6. The highest BCUT2D eigenvalue weighted by atomic mass is 35.5. The fraction of sp³-hybridized carbons (Fsp3) is 0.357. The number of benzene rings is 2. The van der Waals surface area contributed by atoms with Crippen molar-refractivity contribution in [2.75, 3.05) is 63.9 Å². The van der Waals surface area contributed by atoms with Crippen molar-refractivity contribution in [3.05, 3.63) is 58.2 Å². The SMILES string of the molecule is CCN1CCN(c2ccc(-c3ncnc4ccc(C=C5SC(N6CCOCC6)=NC5=O)cc34)cc2Cl)CC1. The van der Waals surface area contributed by atoms with Crippen LogP contribution in [0.15, 0.2) is 52.6 Å². The van der Waals surface area contributed by atoms with E-state index in [4.69, 9.17) is 16.3 Å². The standard InChI is InChI=1S/C28H29ClN6O2S/c1-2-33-7-9-34(10-8-33)24-6-4-20(17-22(24)29)26-21-15-19(3-5-23(21)30-18-31-26)16-25-27(36)32-28(38-25)35-11-13-37-14-12-35/h3-6,15-18H,2,7-14H2,1H3. The van der Waals surface area contributed by atoms with E-state index in [2.05, 4.69) is 48.7 Å². The van der Waals surface area contributed by atoms with Gasteiger partial charge in [0.25, 0.3) is 5.91 Å². The summed E-state index contributed by atoms with van der Waals surface area (Å²) in [6, 6.07) is 12.1. The maximum absolute atomic E-state index is 12.6. The van der Waals surface area contributed by atoms with Crippen LogP contribution in [-0.2, 0) is 9.53 Å². The van der Waals surface area contributed by atoms with Gasteiger partial charge >= 0.3 is 0 Å². The van der Waals surface area contributed by atoms with Gasteiger partial charge in [0.2, 0.25) is 0 Å². The zero-order valence-electron chi connectivity index (χ0n) is 21.3. The molecular formula is C28H29ClN6O2S. The van der Waals surface area contributed by atoms with E-state index in [-0.39, 0.29) is 5.91 Å². The number of ether oxygens (including phenoxy) is 1. The third-order valence-electron chi connectivity index (χ3n) is 7.23. The van der Waals surface area contributed by atoms with E-state index in [9.17, 15) is 4.79 Å². The lowest BCUT2D eigenvalue weighted by atomic mass is 10.0. The molecule has 0 spiro atoms. The molecule has 0 unspecified atom stereocenters. The van der Waals surface area contributed by atoms with E-state index in [0.717, 1.165) is 89.4 Å². The van der Waals surface area contributed by atoms with Crippen LogP contribution in [-0.4, -0.2) is 89.9 Å². The molecule has 0 N–H and O–H groups in total. The molecule has 0 bridgehead atoms. The molecule has 8 nitrogen and oxygen atoms in total. The van der Waals surface area contributed by atoms with E-state index in [0.29, 0.717) is 18.1 Å². The Hall–Kier alpha value is -2.98. The minimum atomic E-state index is -0.205. The molecule has 38 heavy (non-hydrogen) atoms. The summed E-state index contributed by atoms with van der Waals surface area (Å²) in [7, 11) is 0. The van der Waals surface area contributed by atoms with Crippen molar-refractivity contribution in [2.24, 2.45) is 4.99 Å². The average Bonchev–Trinajstić information content (AvgIpc) is 3.33. The molecule has 0 saturated carbocycles. The molecule has 1 amide bonds. The highest BCUT2D eigenvalue weighted by molar-refractivity contribution is 8.18. The molecule has 0 atom stereocenters. The normalized spacial score (nSPS) is 20.0. The van der Waals surface area contributed by atoms with Crippen LogP contribution in [0, 0.1) is 0 Å². The third kappa shape index (κ3) is 5.16. The van der Waals surface area contributed by atoms with E-state index < -0.39 is 0 Å². The number of carbonyl (C=O) groups excluding carboxylic acids is 1. The summed E-state index contributed by atoms with van der Waals surface area (Å²) in [5.41, 5.74) is 4.55. The minimum Gasteiger partial charge on any atom is -0.378 e. The van der Waals surface area contributed by atoms with Crippen LogP contribution in [0.3, 0.4) is 0 Å². The van der Waals surface area contributed by atoms with Gasteiger partial charge in [0.05, 0.1) is 40.0 Å². The molecule has 0 radical (unpaired) electrons. The van der Waals surface area contributed by atoms with Crippen molar-refractivity contribution in [1.29, 1.82) is 0 Å². The number of aliphatic imine (C=N–C) groups is 1. The number of halogens is 1. The Morgan fingerprint density at radius 1 is 1.00 bits per heavy atom. The number of nitrogens with zero attached hydrogens (tertiary/aromatic N) is 6. The number of anilines is 1. The maximum Gasteiger partial charge on any atom is 0.286 e. The molecule has 1 aromatic heterocycles. The minimum absolute atomic E-state index is 0.205. The number of thioether (sulfide) groups is 1. The Bertz CT molecular complexity index is 1430. The molecule has 10 heteroatoms. The number of amides is 1. The zero-order valence-corrected chi connectivity index (χ0v) is 22.8. The first-order valence-corrected chi connectivity index (χ1v) is 14.2. The summed E-state index contributed by atoms with van der Waals surface area (Å²) >= 11 is 8.22. The lowest BCUT2D eigenvalue weighted by molar-refractivity contribution is -0.113. The maximum atomic E-state index is 12.6. The number of likely N-dealkylation sites (N-methyl/N-ethyl adjacent to an activating group) is 1. The van der Waals surface area contributed by atoms with Crippen LogP contribution >= 0.6 is 23.4 Å². The molecule has 2 fully saturated rings. The highest BCUT2D eigenvalue weighted by Crippen LogP contribution is 2.35. The summed E-state index contributed by atoms with van der Waals surface area (Å²) in [6.45, 7) is 10.1. The smallest absolute Gasteiger partial charge is 0.286 e. The Morgan fingerprint density at radius 3 is 2.58 bits per heavy atom. The van der Waals surface area contributed by atoms with Crippen molar-refractivity contribution in [1.82, 2.24) is 19.8 Å². The van der Waals surface area contributed by atoms with Gasteiger partial charge in [-0.1, -0.05) is 30.7 Å².